The number of carbonyl (C=O) groups is 1. The van der Waals surface area contributed by atoms with Crippen LogP contribution >= 0.6 is 0 Å². The Bertz CT molecular complexity index is 828. The van der Waals surface area contributed by atoms with Crippen molar-refractivity contribution in [3.8, 4) is 0 Å². The summed E-state index contributed by atoms with van der Waals surface area (Å²) in [5.41, 5.74) is 6.50. The molecular formula is C17H14F3N3O. The van der Waals surface area contributed by atoms with E-state index in [0.717, 1.165) is 11.6 Å². The van der Waals surface area contributed by atoms with E-state index in [0.29, 0.717) is 17.8 Å². The van der Waals surface area contributed by atoms with Gasteiger partial charge in [-0.25, -0.2) is 0 Å². The topological polar surface area (TPSA) is 67.5 Å². The molecule has 124 valence electrons. The van der Waals surface area contributed by atoms with E-state index in [1.54, 1.807) is 18.2 Å². The lowest BCUT2D eigenvalue weighted by Crippen LogP contribution is -2.18. The van der Waals surface area contributed by atoms with Gasteiger partial charge in [0.1, 0.15) is 6.54 Å². The summed E-state index contributed by atoms with van der Waals surface area (Å²) >= 11 is 0. The number of fused-ring (bicyclic) bond motifs is 1. The molecule has 0 spiro atoms. The lowest BCUT2D eigenvalue weighted by Gasteiger charge is -2.16. The second-order valence-electron chi connectivity index (χ2n) is 5.34. The normalized spacial score (nSPS) is 14.5. The van der Waals surface area contributed by atoms with E-state index < -0.39 is 17.6 Å². The van der Waals surface area contributed by atoms with Crippen LogP contribution in [0.3, 0.4) is 0 Å². The summed E-state index contributed by atoms with van der Waals surface area (Å²) in [5, 5.41) is 2.33. The van der Waals surface area contributed by atoms with E-state index in [9.17, 15) is 18.0 Å². The Morgan fingerprint density at radius 1 is 1.17 bits per heavy atom. The van der Waals surface area contributed by atoms with E-state index in [1.807, 2.05) is 6.07 Å². The van der Waals surface area contributed by atoms with Crippen molar-refractivity contribution in [2.24, 2.45) is 10.7 Å². The second-order valence-corrected chi connectivity index (χ2v) is 5.34. The molecule has 1 aliphatic rings. The van der Waals surface area contributed by atoms with Crippen LogP contribution in [0, 0.1) is 0 Å². The molecule has 2 aromatic carbocycles. The fraction of sp³-hybridized carbons (Fsp3) is 0.176. The number of para-hydroxylation sites is 1. The average molecular weight is 333 g/mol. The SMILES string of the molecule is NCc1cccc(C2=NCC(=O)Nc3c2cccc3C(F)(F)F)c1. The highest BCUT2D eigenvalue weighted by atomic mass is 19.4. The van der Waals surface area contributed by atoms with Crippen LogP contribution in [0.25, 0.3) is 0 Å². The minimum atomic E-state index is -4.58. The van der Waals surface area contributed by atoms with Crippen LogP contribution < -0.4 is 11.1 Å². The van der Waals surface area contributed by atoms with Crippen LogP contribution in [-0.2, 0) is 17.5 Å². The van der Waals surface area contributed by atoms with Gasteiger partial charge in [0.25, 0.3) is 0 Å². The maximum absolute atomic E-state index is 13.3. The highest BCUT2D eigenvalue weighted by molar-refractivity contribution is 6.19. The Kier molecular flexibility index (Phi) is 4.11. The molecule has 3 rings (SSSR count). The highest BCUT2D eigenvalue weighted by Crippen LogP contribution is 2.38. The molecule has 0 fully saturated rings. The van der Waals surface area contributed by atoms with Crippen molar-refractivity contribution < 1.29 is 18.0 Å². The molecule has 7 heteroatoms. The largest absolute Gasteiger partial charge is 0.418 e. The molecule has 1 aliphatic heterocycles. The Hall–Kier alpha value is -2.67. The standard InChI is InChI=1S/C17H14F3N3O/c18-17(19,20)13-6-2-5-12-15(22-9-14(24)23-16(12)13)11-4-1-3-10(7-11)8-21/h1-7H,8-9,21H2,(H,23,24). The molecule has 0 saturated carbocycles. The first-order valence-corrected chi connectivity index (χ1v) is 7.24. The Labute approximate surface area is 136 Å². The molecule has 0 bridgehead atoms. The highest BCUT2D eigenvalue weighted by Gasteiger charge is 2.36. The Balaban J connectivity index is 2.21. The van der Waals surface area contributed by atoms with Crippen molar-refractivity contribution in [2.45, 2.75) is 12.7 Å². The third-order valence-electron chi connectivity index (χ3n) is 3.71. The molecule has 3 N–H and O–H groups in total. The van der Waals surface area contributed by atoms with Crippen LogP contribution in [0.2, 0.25) is 0 Å². The van der Waals surface area contributed by atoms with E-state index in [4.69, 9.17) is 5.73 Å². The third kappa shape index (κ3) is 3.03. The zero-order valence-corrected chi connectivity index (χ0v) is 12.5. The molecular weight excluding hydrogens is 319 g/mol. The van der Waals surface area contributed by atoms with Gasteiger partial charge in [-0.2, -0.15) is 13.2 Å². The number of hydrogen-bond donors (Lipinski definition) is 2. The van der Waals surface area contributed by atoms with Gasteiger partial charge in [-0.3, -0.25) is 9.79 Å². The summed E-state index contributed by atoms with van der Waals surface area (Å²) in [5.74, 6) is -0.585. The molecule has 0 unspecified atom stereocenters. The van der Waals surface area contributed by atoms with Crippen molar-refractivity contribution >= 4 is 17.3 Å². The monoisotopic (exact) mass is 333 g/mol. The van der Waals surface area contributed by atoms with E-state index in [1.165, 1.54) is 12.1 Å². The first-order valence-electron chi connectivity index (χ1n) is 7.24. The number of benzene rings is 2. The minimum Gasteiger partial charge on any atom is -0.326 e. The molecule has 0 aliphatic carbocycles. The van der Waals surface area contributed by atoms with Gasteiger partial charge >= 0.3 is 6.18 Å². The maximum Gasteiger partial charge on any atom is 0.418 e. The smallest absolute Gasteiger partial charge is 0.326 e. The van der Waals surface area contributed by atoms with Crippen molar-refractivity contribution in [3.05, 3.63) is 64.7 Å². The van der Waals surface area contributed by atoms with E-state index >= 15 is 0 Å². The first-order chi connectivity index (χ1) is 11.4. The summed E-state index contributed by atoms with van der Waals surface area (Å²) in [4.78, 5) is 16.0. The predicted octanol–water partition coefficient (Wildman–Crippen LogP) is 2.95. The first kappa shape index (κ1) is 16.2. The minimum absolute atomic E-state index is 0.241. The van der Waals surface area contributed by atoms with Gasteiger partial charge in [-0.1, -0.05) is 30.3 Å². The summed E-state index contributed by atoms with van der Waals surface area (Å²) in [7, 11) is 0. The van der Waals surface area contributed by atoms with Gasteiger partial charge in [0.05, 0.1) is 17.0 Å². The van der Waals surface area contributed by atoms with Crippen LogP contribution in [0.4, 0.5) is 18.9 Å². The number of amides is 1. The summed E-state index contributed by atoms with van der Waals surface area (Å²) in [6.07, 6.45) is -4.58. The number of rotatable bonds is 2. The number of benzodiazepines with no additional fused rings is 1. The number of anilines is 1. The molecule has 0 atom stereocenters. The molecule has 0 aromatic heterocycles. The summed E-state index contributed by atoms with van der Waals surface area (Å²) in [6, 6.07) is 10.8. The molecule has 4 nitrogen and oxygen atoms in total. The van der Waals surface area contributed by atoms with Crippen LogP contribution in [0.15, 0.2) is 47.5 Å². The van der Waals surface area contributed by atoms with E-state index in [2.05, 4.69) is 10.3 Å². The van der Waals surface area contributed by atoms with Crippen LogP contribution in [0.1, 0.15) is 22.3 Å². The number of nitrogens with zero attached hydrogens (tertiary/aromatic N) is 1. The van der Waals surface area contributed by atoms with Crippen molar-refractivity contribution in [2.75, 3.05) is 11.9 Å². The lowest BCUT2D eigenvalue weighted by molar-refractivity contribution is -0.137. The number of hydrogen-bond acceptors (Lipinski definition) is 3. The quantitative estimate of drug-likeness (QED) is 0.887. The van der Waals surface area contributed by atoms with Gasteiger partial charge in [0, 0.05) is 17.7 Å². The lowest BCUT2D eigenvalue weighted by atomic mass is 9.96. The molecule has 0 saturated heterocycles. The number of halogens is 3. The number of nitrogens with two attached hydrogens (primary N) is 1. The molecule has 2 aromatic rings. The number of nitrogens with one attached hydrogen (secondary N) is 1. The van der Waals surface area contributed by atoms with Crippen molar-refractivity contribution in [3.63, 3.8) is 0 Å². The van der Waals surface area contributed by atoms with Gasteiger partial charge in [-0.15, -0.1) is 0 Å². The molecule has 24 heavy (non-hydrogen) atoms. The molecule has 1 heterocycles. The van der Waals surface area contributed by atoms with Gasteiger partial charge < -0.3 is 11.1 Å². The van der Waals surface area contributed by atoms with Crippen LogP contribution in [-0.4, -0.2) is 18.2 Å². The Morgan fingerprint density at radius 2 is 1.92 bits per heavy atom. The number of carbonyl (C=O) groups excluding carboxylic acids is 1. The molecule has 0 radical (unpaired) electrons. The molecule has 1 amide bonds. The van der Waals surface area contributed by atoms with Gasteiger partial charge in [0.2, 0.25) is 5.91 Å². The second kappa shape index (κ2) is 6.09. The fourth-order valence-electron chi connectivity index (χ4n) is 2.63. The maximum atomic E-state index is 13.3. The Morgan fingerprint density at radius 3 is 2.62 bits per heavy atom. The van der Waals surface area contributed by atoms with Crippen molar-refractivity contribution in [1.29, 1.82) is 0 Å². The zero-order valence-electron chi connectivity index (χ0n) is 12.5. The van der Waals surface area contributed by atoms with Gasteiger partial charge in [0.15, 0.2) is 0 Å². The van der Waals surface area contributed by atoms with Gasteiger partial charge in [-0.05, 0) is 17.7 Å². The van der Waals surface area contributed by atoms with Crippen molar-refractivity contribution in [1.82, 2.24) is 0 Å². The van der Waals surface area contributed by atoms with E-state index in [-0.39, 0.29) is 17.8 Å². The van der Waals surface area contributed by atoms with Crippen LogP contribution in [0.5, 0.6) is 0 Å². The average Bonchev–Trinajstić information content (AvgIpc) is 2.72. The summed E-state index contributed by atoms with van der Waals surface area (Å²) in [6.45, 7) is 0.0575. The zero-order chi connectivity index (χ0) is 17.3. The number of aliphatic imine (C=N–C) groups is 1. The summed E-state index contributed by atoms with van der Waals surface area (Å²) < 4.78 is 39.8. The third-order valence-corrected chi connectivity index (χ3v) is 3.71. The fourth-order valence-corrected chi connectivity index (χ4v) is 2.63. The number of alkyl halides is 3. The predicted molar refractivity (Wildman–Crippen MR) is 84.9 cm³/mol.